The fourth-order valence-electron chi connectivity index (χ4n) is 10.2. The number of nitrogens with zero attached hydrogens (tertiary/aromatic N) is 3. The topological polar surface area (TPSA) is 182 Å². The molecule has 3 aromatic carbocycles. The van der Waals surface area contributed by atoms with Gasteiger partial charge in [0, 0.05) is 46.6 Å². The van der Waals surface area contributed by atoms with E-state index in [4.69, 9.17) is 44.8 Å². The van der Waals surface area contributed by atoms with Gasteiger partial charge in [-0.3, -0.25) is 15.1 Å². The standard InChI is InChI=1S/C40H41ClN4O11S/c1-17-8-20-9-22-23(12-42)45-24-13-52-38(48)40(21-11-26(50-4)25(46)10-19(21)6-7-43-40)14-57-37(31(45)30(44(22)3)27(20)32(47)33(17)51-5)29-28(24)36-35(54-16-55-36)18(2)34(29)56-39(49)53-15-41/h8,10-11,22-24,30-31,37,43,46-47H,6-7,9,13-16H2,1-5H3. The minimum atomic E-state index is -1.41. The van der Waals surface area contributed by atoms with Crippen molar-refractivity contribution in [1.82, 2.24) is 15.1 Å². The van der Waals surface area contributed by atoms with E-state index in [0.717, 1.165) is 16.7 Å². The first-order valence-corrected chi connectivity index (χ1v) is 20.2. The van der Waals surface area contributed by atoms with E-state index in [1.54, 1.807) is 19.1 Å². The number of phenolic OH excluding ortho intramolecular Hbond substituents is 2. The monoisotopic (exact) mass is 820 g/mol. The van der Waals surface area contributed by atoms with Crippen molar-refractivity contribution in [2.45, 2.75) is 67.7 Å². The number of rotatable bonds is 4. The Hall–Kier alpha value is -4.79. The minimum absolute atomic E-state index is 0.0121. The Balaban J connectivity index is 1.33. The maximum atomic E-state index is 14.8. The van der Waals surface area contributed by atoms with Crippen molar-refractivity contribution in [3.63, 3.8) is 0 Å². The first-order chi connectivity index (χ1) is 27.5. The molecule has 0 aliphatic carbocycles. The summed E-state index contributed by atoms with van der Waals surface area (Å²) in [5.41, 5.74) is 3.94. The summed E-state index contributed by atoms with van der Waals surface area (Å²) in [5, 5.41) is 36.8. The van der Waals surface area contributed by atoms with E-state index in [-0.39, 0.29) is 48.2 Å². The van der Waals surface area contributed by atoms with Gasteiger partial charge in [-0.05, 0) is 68.1 Å². The largest absolute Gasteiger partial charge is 0.515 e. The molecular weight excluding hydrogens is 780 g/mol. The van der Waals surface area contributed by atoms with E-state index < -0.39 is 53.1 Å². The molecule has 0 amide bonds. The quantitative estimate of drug-likeness (QED) is 0.186. The summed E-state index contributed by atoms with van der Waals surface area (Å²) in [7, 11) is 4.93. The SMILES string of the molecule is COc1cc2c(cc1O)CCNC21CSC2c3c(OC(=O)OCCl)c(C)c4c(c3C(COC1=O)N1C(C#N)C3Cc5cc(C)c(OC)c(O)c5C(C21)N3C)OCO4. The van der Waals surface area contributed by atoms with Gasteiger partial charge in [-0.15, -0.1) is 11.8 Å². The number of likely N-dealkylation sites (N-methyl/N-ethyl adjacent to an activating group) is 1. The number of alkyl halides is 1. The molecule has 3 aromatic rings. The van der Waals surface area contributed by atoms with Crippen LogP contribution in [0.3, 0.4) is 0 Å². The number of hydrogen-bond donors (Lipinski definition) is 3. The van der Waals surface area contributed by atoms with Crippen molar-refractivity contribution in [2.24, 2.45) is 0 Å². The van der Waals surface area contributed by atoms with Gasteiger partial charge in [0.1, 0.15) is 18.4 Å². The van der Waals surface area contributed by atoms with E-state index in [1.807, 2.05) is 20.0 Å². The second kappa shape index (κ2) is 13.9. The fourth-order valence-corrected chi connectivity index (χ4v) is 12.0. The van der Waals surface area contributed by atoms with Gasteiger partial charge in [0.2, 0.25) is 6.79 Å². The molecule has 2 saturated heterocycles. The van der Waals surface area contributed by atoms with Gasteiger partial charge in [0.25, 0.3) is 0 Å². The number of halogens is 1. The van der Waals surface area contributed by atoms with Crippen LogP contribution in [0.1, 0.15) is 61.8 Å². The second-order valence-corrected chi connectivity index (χ2v) is 16.5. The molecule has 3 N–H and O–H groups in total. The van der Waals surface area contributed by atoms with Crippen molar-refractivity contribution < 1.29 is 53.0 Å². The lowest BCUT2D eigenvalue weighted by Crippen LogP contribution is -2.69. The van der Waals surface area contributed by atoms with E-state index >= 15 is 0 Å². The number of ether oxygens (including phenoxy) is 7. The molecule has 7 heterocycles. The molecule has 300 valence electrons. The van der Waals surface area contributed by atoms with Crippen LogP contribution in [0.5, 0.6) is 40.2 Å². The second-order valence-electron chi connectivity index (χ2n) is 15.1. The zero-order valence-electron chi connectivity index (χ0n) is 31.8. The number of nitrogens with one attached hydrogen (secondary N) is 1. The number of nitriles is 1. The van der Waals surface area contributed by atoms with Crippen molar-refractivity contribution in [3.8, 4) is 46.3 Å². The summed E-state index contributed by atoms with van der Waals surface area (Å²) in [4.78, 5) is 32.3. The molecule has 7 aliphatic rings. The summed E-state index contributed by atoms with van der Waals surface area (Å²) in [5.74, 6) is 1.03. The third-order valence-electron chi connectivity index (χ3n) is 12.5. The van der Waals surface area contributed by atoms with Crippen LogP contribution in [-0.2, 0) is 32.6 Å². The van der Waals surface area contributed by atoms with Gasteiger partial charge >= 0.3 is 12.1 Å². The molecule has 57 heavy (non-hydrogen) atoms. The van der Waals surface area contributed by atoms with Crippen LogP contribution in [0, 0.1) is 25.2 Å². The summed E-state index contributed by atoms with van der Waals surface area (Å²) in [6.07, 6.45) is -0.0307. The number of carbonyl (C=O) groups is 2. The first-order valence-electron chi connectivity index (χ1n) is 18.6. The van der Waals surface area contributed by atoms with E-state index in [0.29, 0.717) is 64.5 Å². The summed E-state index contributed by atoms with van der Waals surface area (Å²) < 4.78 is 41.1. The van der Waals surface area contributed by atoms with Crippen molar-refractivity contribution in [2.75, 3.05) is 53.0 Å². The van der Waals surface area contributed by atoms with Crippen LogP contribution in [-0.4, -0.2) is 103 Å². The third kappa shape index (κ3) is 5.35. The Labute approximate surface area is 337 Å². The van der Waals surface area contributed by atoms with Gasteiger partial charge in [-0.25, -0.2) is 9.59 Å². The normalized spacial score (nSPS) is 28.3. The number of aromatic hydroxyl groups is 2. The van der Waals surface area contributed by atoms with Crippen molar-refractivity contribution in [1.29, 1.82) is 5.26 Å². The van der Waals surface area contributed by atoms with Crippen LogP contribution in [0.25, 0.3) is 0 Å². The number of hydrogen-bond acceptors (Lipinski definition) is 16. The Morgan fingerprint density at radius 2 is 1.88 bits per heavy atom. The highest BCUT2D eigenvalue weighted by molar-refractivity contribution is 7.99. The average molecular weight is 821 g/mol. The number of piperazine rings is 1. The van der Waals surface area contributed by atoms with E-state index in [2.05, 4.69) is 21.2 Å². The zero-order chi connectivity index (χ0) is 40.1. The highest BCUT2D eigenvalue weighted by Gasteiger charge is 2.62. The van der Waals surface area contributed by atoms with Crippen LogP contribution in [0.2, 0.25) is 0 Å². The summed E-state index contributed by atoms with van der Waals surface area (Å²) in [6, 6.07) is 4.48. The van der Waals surface area contributed by atoms with E-state index in [1.165, 1.54) is 26.0 Å². The maximum Gasteiger partial charge on any atom is 0.515 e. The van der Waals surface area contributed by atoms with Crippen LogP contribution >= 0.6 is 23.4 Å². The molecule has 1 spiro atoms. The Bertz CT molecular complexity index is 2270. The molecule has 7 unspecified atom stereocenters. The predicted octanol–water partition coefficient (Wildman–Crippen LogP) is 4.77. The number of phenols is 2. The number of aryl methyl sites for hydroxylation is 1. The molecule has 10 rings (SSSR count). The Kier molecular flexibility index (Phi) is 9.24. The number of benzene rings is 3. The smallest absolute Gasteiger partial charge is 0.504 e. The molecule has 7 aliphatic heterocycles. The van der Waals surface area contributed by atoms with Crippen LogP contribution < -0.4 is 29.0 Å². The Morgan fingerprint density at radius 3 is 2.61 bits per heavy atom. The van der Waals surface area contributed by atoms with Gasteiger partial charge in [0.15, 0.2) is 46.1 Å². The summed E-state index contributed by atoms with van der Waals surface area (Å²) >= 11 is 7.25. The maximum absolute atomic E-state index is 14.8. The Morgan fingerprint density at radius 1 is 1.09 bits per heavy atom. The molecule has 0 aromatic heterocycles. The molecule has 4 bridgehead atoms. The van der Waals surface area contributed by atoms with Gasteiger partial charge < -0.3 is 43.4 Å². The van der Waals surface area contributed by atoms with Crippen molar-refractivity contribution in [3.05, 3.63) is 62.7 Å². The zero-order valence-corrected chi connectivity index (χ0v) is 33.4. The molecule has 0 saturated carbocycles. The highest BCUT2D eigenvalue weighted by Crippen LogP contribution is 2.64. The fraction of sp³-hybridized carbons (Fsp3) is 0.475. The average Bonchev–Trinajstić information content (AvgIpc) is 3.68. The lowest BCUT2D eigenvalue weighted by Gasteiger charge is -2.62. The number of methoxy groups -OCH3 is 2. The lowest BCUT2D eigenvalue weighted by molar-refractivity contribution is -0.157. The third-order valence-corrected chi connectivity index (χ3v) is 14.1. The van der Waals surface area contributed by atoms with E-state index in [9.17, 15) is 25.1 Å². The molecular formula is C40H41ClN4O11S. The van der Waals surface area contributed by atoms with Crippen LogP contribution in [0.4, 0.5) is 4.79 Å². The molecule has 2 fully saturated rings. The van der Waals surface area contributed by atoms with Gasteiger partial charge in [-0.1, -0.05) is 17.7 Å². The first kappa shape index (κ1) is 37.8. The molecule has 15 nitrogen and oxygen atoms in total. The number of fused-ring (bicyclic) bond motifs is 9. The number of carbonyl (C=O) groups excluding carboxylic acids is 2. The highest BCUT2D eigenvalue weighted by atomic mass is 35.5. The van der Waals surface area contributed by atoms with Crippen LogP contribution in [0.15, 0.2) is 18.2 Å². The van der Waals surface area contributed by atoms with Crippen molar-refractivity contribution >= 4 is 35.5 Å². The lowest BCUT2D eigenvalue weighted by atomic mass is 9.71. The molecule has 0 radical (unpaired) electrons. The number of thioether (sulfide) groups is 1. The number of esters is 1. The summed E-state index contributed by atoms with van der Waals surface area (Å²) in [6.45, 7) is 3.72. The molecule has 17 heteroatoms. The predicted molar refractivity (Wildman–Crippen MR) is 204 cm³/mol. The minimum Gasteiger partial charge on any atom is -0.504 e. The molecule has 7 atom stereocenters. The van der Waals surface area contributed by atoms with Gasteiger partial charge in [0.05, 0.1) is 37.6 Å². The van der Waals surface area contributed by atoms with Gasteiger partial charge in [-0.2, -0.15) is 5.26 Å².